The molecule has 0 bridgehead atoms. The molecule has 1 heteroatoms. The van der Waals surface area contributed by atoms with Crippen molar-refractivity contribution in [1.29, 1.82) is 0 Å². The lowest BCUT2D eigenvalue weighted by Gasteiger charge is -2.02. The summed E-state index contributed by atoms with van der Waals surface area (Å²) in [4.78, 5) is 3.58. The lowest BCUT2D eigenvalue weighted by atomic mass is 10.0. The predicted octanol–water partition coefficient (Wildman–Crippen LogP) is 4.78. The van der Waals surface area contributed by atoms with Gasteiger partial charge in [-0.15, -0.1) is 0 Å². The summed E-state index contributed by atoms with van der Waals surface area (Å²) < 4.78 is 0. The van der Waals surface area contributed by atoms with Gasteiger partial charge in [0.2, 0.25) is 0 Å². The number of benzene rings is 1. The Morgan fingerprint density at radius 2 is 2.06 bits per heavy atom. The first-order valence-electron chi connectivity index (χ1n) is 7.51. The molecule has 1 aromatic heterocycles. The van der Waals surface area contributed by atoms with Crippen LogP contribution in [0.5, 0.6) is 0 Å². The second-order valence-corrected chi connectivity index (χ2v) is 5.63. The van der Waals surface area contributed by atoms with Gasteiger partial charge in [-0.3, -0.25) is 0 Å². The Morgan fingerprint density at radius 3 is 2.94 bits per heavy atom. The van der Waals surface area contributed by atoms with Crippen LogP contribution in [0.15, 0.2) is 18.2 Å². The molecule has 0 radical (unpaired) electrons. The van der Waals surface area contributed by atoms with Gasteiger partial charge in [0.1, 0.15) is 0 Å². The molecule has 1 aliphatic rings. The molecular weight excluding hydrogens is 218 g/mol. The first-order valence-corrected chi connectivity index (χ1v) is 7.51. The zero-order chi connectivity index (χ0) is 12.4. The van der Waals surface area contributed by atoms with Gasteiger partial charge in [0.25, 0.3) is 0 Å². The zero-order valence-corrected chi connectivity index (χ0v) is 11.4. The maximum atomic E-state index is 3.58. The van der Waals surface area contributed by atoms with Crippen LogP contribution in [0.25, 0.3) is 10.9 Å². The van der Waals surface area contributed by atoms with Crippen molar-refractivity contribution in [2.75, 3.05) is 0 Å². The number of nitrogens with one attached hydrogen (secondary N) is 1. The van der Waals surface area contributed by atoms with Gasteiger partial charge in [-0.2, -0.15) is 0 Å². The molecule has 3 rings (SSSR count). The molecule has 0 amide bonds. The minimum absolute atomic E-state index is 1.25. The summed E-state index contributed by atoms with van der Waals surface area (Å²) in [6.45, 7) is 2.27. The fourth-order valence-electron chi connectivity index (χ4n) is 3.20. The first-order chi connectivity index (χ1) is 8.88. The number of fused-ring (bicyclic) bond motifs is 3. The van der Waals surface area contributed by atoms with E-state index in [1.807, 2.05) is 0 Å². The number of hydrogen-bond acceptors (Lipinski definition) is 0. The fourth-order valence-corrected chi connectivity index (χ4v) is 3.20. The van der Waals surface area contributed by atoms with Crippen LogP contribution < -0.4 is 0 Å². The molecule has 18 heavy (non-hydrogen) atoms. The van der Waals surface area contributed by atoms with Crippen LogP contribution in [0.1, 0.15) is 55.8 Å². The summed E-state index contributed by atoms with van der Waals surface area (Å²) in [5, 5.41) is 1.50. The molecule has 1 nitrogen and oxygen atoms in total. The molecule has 0 unspecified atom stereocenters. The summed E-state index contributed by atoms with van der Waals surface area (Å²) in [5.74, 6) is 0. The van der Waals surface area contributed by atoms with Crippen LogP contribution in [0.2, 0.25) is 0 Å². The van der Waals surface area contributed by atoms with Crippen molar-refractivity contribution in [3.8, 4) is 0 Å². The SMILES string of the molecule is CCCCCCc1ccc2[nH]c3c(c2c1)CCC3. The summed E-state index contributed by atoms with van der Waals surface area (Å²) in [6.07, 6.45) is 10.5. The molecular formula is C17H23N. The third-order valence-electron chi connectivity index (χ3n) is 4.23. The smallest absolute Gasteiger partial charge is 0.0459 e. The topological polar surface area (TPSA) is 15.8 Å². The van der Waals surface area contributed by atoms with Crippen molar-refractivity contribution >= 4 is 10.9 Å². The highest BCUT2D eigenvalue weighted by atomic mass is 14.7. The van der Waals surface area contributed by atoms with Crippen LogP contribution in [-0.4, -0.2) is 4.98 Å². The number of rotatable bonds is 5. The Kier molecular flexibility index (Phi) is 3.40. The van der Waals surface area contributed by atoms with Gasteiger partial charge in [0, 0.05) is 16.6 Å². The van der Waals surface area contributed by atoms with Gasteiger partial charge < -0.3 is 4.98 Å². The van der Waals surface area contributed by atoms with E-state index < -0.39 is 0 Å². The number of H-pyrrole nitrogens is 1. The van der Waals surface area contributed by atoms with Gasteiger partial charge in [-0.05, 0) is 55.4 Å². The molecule has 96 valence electrons. The van der Waals surface area contributed by atoms with E-state index in [9.17, 15) is 0 Å². The van der Waals surface area contributed by atoms with Gasteiger partial charge in [-0.25, -0.2) is 0 Å². The summed E-state index contributed by atoms with van der Waals surface area (Å²) >= 11 is 0. The van der Waals surface area contributed by atoms with Gasteiger partial charge in [-0.1, -0.05) is 32.3 Å². The van der Waals surface area contributed by atoms with E-state index in [1.165, 1.54) is 73.5 Å². The van der Waals surface area contributed by atoms with Crippen molar-refractivity contribution in [1.82, 2.24) is 4.98 Å². The molecule has 0 atom stereocenters. The Bertz CT molecular complexity index is 536. The van der Waals surface area contributed by atoms with Crippen molar-refractivity contribution in [3.63, 3.8) is 0 Å². The number of aromatic nitrogens is 1. The van der Waals surface area contributed by atoms with E-state index in [-0.39, 0.29) is 0 Å². The van der Waals surface area contributed by atoms with Crippen molar-refractivity contribution < 1.29 is 0 Å². The average Bonchev–Trinajstić information content (AvgIpc) is 2.95. The predicted molar refractivity (Wildman–Crippen MR) is 78.2 cm³/mol. The lowest BCUT2D eigenvalue weighted by Crippen LogP contribution is -1.86. The van der Waals surface area contributed by atoms with E-state index in [0.717, 1.165) is 0 Å². The van der Waals surface area contributed by atoms with Crippen molar-refractivity contribution in [2.45, 2.75) is 58.3 Å². The molecule has 0 saturated heterocycles. The minimum atomic E-state index is 1.25. The third-order valence-corrected chi connectivity index (χ3v) is 4.23. The Labute approximate surface area is 110 Å². The molecule has 1 aliphatic carbocycles. The molecule has 1 heterocycles. The number of hydrogen-bond donors (Lipinski definition) is 1. The van der Waals surface area contributed by atoms with Crippen molar-refractivity contribution in [2.24, 2.45) is 0 Å². The lowest BCUT2D eigenvalue weighted by molar-refractivity contribution is 0.667. The summed E-state index contributed by atoms with van der Waals surface area (Å²) in [7, 11) is 0. The standard InChI is InChI=1S/C17H23N/c1-2-3-4-5-7-13-10-11-17-15(12-13)14-8-6-9-16(14)18-17/h10-12,18H,2-9H2,1H3. The second-order valence-electron chi connectivity index (χ2n) is 5.63. The minimum Gasteiger partial charge on any atom is -0.358 e. The maximum Gasteiger partial charge on any atom is 0.0459 e. The number of unbranched alkanes of at least 4 members (excludes halogenated alkanes) is 3. The largest absolute Gasteiger partial charge is 0.358 e. The van der Waals surface area contributed by atoms with E-state index in [4.69, 9.17) is 0 Å². The van der Waals surface area contributed by atoms with Crippen LogP contribution in [-0.2, 0) is 19.3 Å². The Morgan fingerprint density at radius 1 is 1.11 bits per heavy atom. The van der Waals surface area contributed by atoms with Crippen LogP contribution in [0, 0.1) is 0 Å². The van der Waals surface area contributed by atoms with E-state index in [2.05, 4.69) is 30.1 Å². The van der Waals surface area contributed by atoms with Crippen LogP contribution in [0.3, 0.4) is 0 Å². The molecule has 0 aliphatic heterocycles. The highest BCUT2D eigenvalue weighted by Gasteiger charge is 2.16. The van der Waals surface area contributed by atoms with E-state index >= 15 is 0 Å². The van der Waals surface area contributed by atoms with Gasteiger partial charge >= 0.3 is 0 Å². The summed E-state index contributed by atoms with van der Waals surface area (Å²) in [6, 6.07) is 7.02. The summed E-state index contributed by atoms with van der Waals surface area (Å²) in [5.41, 5.74) is 5.96. The molecule has 0 spiro atoms. The quantitative estimate of drug-likeness (QED) is 0.725. The highest BCUT2D eigenvalue weighted by Crippen LogP contribution is 2.30. The average molecular weight is 241 g/mol. The van der Waals surface area contributed by atoms with E-state index in [0.29, 0.717) is 0 Å². The molecule has 1 N–H and O–H groups in total. The van der Waals surface area contributed by atoms with Gasteiger partial charge in [0.05, 0.1) is 0 Å². The maximum absolute atomic E-state index is 3.58. The van der Waals surface area contributed by atoms with E-state index in [1.54, 1.807) is 5.56 Å². The number of aryl methyl sites for hydroxylation is 3. The highest BCUT2D eigenvalue weighted by molar-refractivity contribution is 5.85. The fraction of sp³-hybridized carbons (Fsp3) is 0.529. The zero-order valence-electron chi connectivity index (χ0n) is 11.4. The van der Waals surface area contributed by atoms with Crippen LogP contribution >= 0.6 is 0 Å². The number of aromatic amines is 1. The van der Waals surface area contributed by atoms with Gasteiger partial charge in [0.15, 0.2) is 0 Å². The molecule has 0 saturated carbocycles. The Hall–Kier alpha value is -1.24. The molecule has 1 aromatic carbocycles. The molecule has 0 fully saturated rings. The monoisotopic (exact) mass is 241 g/mol. The second kappa shape index (κ2) is 5.17. The Balaban J connectivity index is 1.78. The third kappa shape index (κ3) is 2.19. The first kappa shape index (κ1) is 11.8. The molecule has 2 aromatic rings. The van der Waals surface area contributed by atoms with Crippen molar-refractivity contribution in [3.05, 3.63) is 35.0 Å². The van der Waals surface area contributed by atoms with Crippen LogP contribution in [0.4, 0.5) is 0 Å². The normalized spacial score (nSPS) is 14.3.